The summed E-state index contributed by atoms with van der Waals surface area (Å²) in [5, 5.41) is 16.5. The number of nitrogens with one attached hydrogen (secondary N) is 1. The molecular formula is C19H28N6O. The largest absolute Gasteiger partial charge is 0.354 e. The molecule has 3 heterocycles. The summed E-state index contributed by atoms with van der Waals surface area (Å²) < 4.78 is 1.84. The Labute approximate surface area is 154 Å². The van der Waals surface area contributed by atoms with Crippen LogP contribution in [0.3, 0.4) is 0 Å². The summed E-state index contributed by atoms with van der Waals surface area (Å²) in [6, 6.07) is 4.34. The normalized spacial score (nSPS) is 21.7. The zero-order chi connectivity index (χ0) is 18.1. The molecule has 7 heteroatoms. The number of aromatic nitrogens is 4. The Hall–Kier alpha value is -2.18. The molecule has 26 heavy (non-hydrogen) atoms. The van der Waals surface area contributed by atoms with Gasteiger partial charge in [0.1, 0.15) is 5.82 Å². The first kappa shape index (κ1) is 17.2. The summed E-state index contributed by atoms with van der Waals surface area (Å²) in [6.45, 7) is 5.85. The number of nitrogens with zero attached hydrogens (tertiary/aromatic N) is 5. The topological polar surface area (TPSA) is 75.4 Å². The van der Waals surface area contributed by atoms with E-state index in [4.69, 9.17) is 5.10 Å². The zero-order valence-electron chi connectivity index (χ0n) is 15.7. The van der Waals surface area contributed by atoms with Crippen molar-refractivity contribution in [3.8, 4) is 0 Å². The molecule has 2 aromatic heterocycles. The number of piperidine rings is 1. The van der Waals surface area contributed by atoms with Gasteiger partial charge in [-0.05, 0) is 37.8 Å². The quantitative estimate of drug-likeness (QED) is 0.911. The number of amides is 1. The van der Waals surface area contributed by atoms with Crippen LogP contribution in [0.2, 0.25) is 0 Å². The van der Waals surface area contributed by atoms with Gasteiger partial charge in [0.25, 0.3) is 0 Å². The maximum absolute atomic E-state index is 12.7. The zero-order valence-corrected chi connectivity index (χ0v) is 15.7. The lowest BCUT2D eigenvalue weighted by molar-refractivity contribution is -0.125. The van der Waals surface area contributed by atoms with Gasteiger partial charge in [0.15, 0.2) is 11.5 Å². The van der Waals surface area contributed by atoms with Gasteiger partial charge >= 0.3 is 0 Å². The van der Waals surface area contributed by atoms with Crippen LogP contribution in [0.5, 0.6) is 0 Å². The Balaban J connectivity index is 1.49. The first-order valence-electron chi connectivity index (χ1n) is 9.89. The molecule has 0 radical (unpaired) electrons. The van der Waals surface area contributed by atoms with Gasteiger partial charge in [-0.25, -0.2) is 0 Å². The highest BCUT2D eigenvalue weighted by molar-refractivity contribution is 5.79. The standard InChI is InChI=1S/C19H28N6O/c1-13(2)18-22-21-16-9-10-17(23-25(16)18)24-11-5-6-14(12-24)19(26)20-15-7-3-4-8-15/h9-10,13-15H,3-8,11-12H2,1-2H3,(H,20,26). The molecule has 0 bridgehead atoms. The van der Waals surface area contributed by atoms with E-state index in [9.17, 15) is 4.79 Å². The molecule has 1 saturated heterocycles. The molecule has 1 unspecified atom stereocenters. The molecule has 0 aromatic carbocycles. The van der Waals surface area contributed by atoms with E-state index in [1.54, 1.807) is 0 Å². The third-order valence-electron chi connectivity index (χ3n) is 5.61. The van der Waals surface area contributed by atoms with E-state index in [-0.39, 0.29) is 17.7 Å². The van der Waals surface area contributed by atoms with Crippen LogP contribution in [0.15, 0.2) is 12.1 Å². The summed E-state index contributed by atoms with van der Waals surface area (Å²) >= 11 is 0. The van der Waals surface area contributed by atoms with E-state index >= 15 is 0 Å². The molecule has 1 atom stereocenters. The van der Waals surface area contributed by atoms with Crippen LogP contribution in [0.4, 0.5) is 5.82 Å². The average molecular weight is 356 g/mol. The van der Waals surface area contributed by atoms with Crippen LogP contribution < -0.4 is 10.2 Å². The van der Waals surface area contributed by atoms with E-state index in [1.807, 2.05) is 16.6 Å². The van der Waals surface area contributed by atoms with Crippen LogP contribution in [0.25, 0.3) is 5.65 Å². The Morgan fingerprint density at radius 2 is 1.96 bits per heavy atom. The Morgan fingerprint density at radius 1 is 1.15 bits per heavy atom. The Bertz CT molecular complexity index is 779. The highest BCUT2D eigenvalue weighted by Gasteiger charge is 2.29. The summed E-state index contributed by atoms with van der Waals surface area (Å²) in [7, 11) is 0. The van der Waals surface area contributed by atoms with E-state index in [2.05, 4.69) is 34.3 Å². The van der Waals surface area contributed by atoms with Gasteiger partial charge in [-0.2, -0.15) is 4.52 Å². The predicted octanol–water partition coefficient (Wildman–Crippen LogP) is 2.52. The fraction of sp³-hybridized carbons (Fsp3) is 0.684. The fourth-order valence-electron chi connectivity index (χ4n) is 4.11. The average Bonchev–Trinajstić information content (AvgIpc) is 3.30. The Kier molecular flexibility index (Phi) is 4.78. The van der Waals surface area contributed by atoms with Crippen molar-refractivity contribution < 1.29 is 4.79 Å². The van der Waals surface area contributed by atoms with Gasteiger partial charge in [-0.15, -0.1) is 15.3 Å². The number of hydrogen-bond donors (Lipinski definition) is 1. The maximum atomic E-state index is 12.7. The van der Waals surface area contributed by atoms with Gasteiger partial charge in [0.2, 0.25) is 5.91 Å². The Morgan fingerprint density at radius 3 is 2.73 bits per heavy atom. The van der Waals surface area contributed by atoms with Crippen molar-refractivity contribution in [2.24, 2.45) is 5.92 Å². The number of carbonyl (C=O) groups excluding carboxylic acids is 1. The van der Waals surface area contributed by atoms with Crippen molar-refractivity contribution in [3.63, 3.8) is 0 Å². The fourth-order valence-corrected chi connectivity index (χ4v) is 4.11. The monoisotopic (exact) mass is 356 g/mol. The predicted molar refractivity (Wildman–Crippen MR) is 100 cm³/mol. The SMILES string of the molecule is CC(C)c1nnc2ccc(N3CCCC(C(=O)NC4CCCC4)C3)nn12. The van der Waals surface area contributed by atoms with Gasteiger partial charge in [-0.1, -0.05) is 26.7 Å². The number of rotatable bonds is 4. The van der Waals surface area contributed by atoms with E-state index in [0.717, 1.165) is 56.1 Å². The van der Waals surface area contributed by atoms with Gasteiger partial charge < -0.3 is 10.2 Å². The summed E-state index contributed by atoms with van der Waals surface area (Å²) in [6.07, 6.45) is 6.71. The summed E-state index contributed by atoms with van der Waals surface area (Å²) in [4.78, 5) is 14.9. The van der Waals surface area contributed by atoms with Crippen LogP contribution in [0.1, 0.15) is 64.1 Å². The molecule has 2 fully saturated rings. The molecule has 2 aliphatic rings. The van der Waals surface area contributed by atoms with Crippen LogP contribution in [-0.2, 0) is 4.79 Å². The van der Waals surface area contributed by atoms with Crippen molar-refractivity contribution in [2.75, 3.05) is 18.0 Å². The number of anilines is 1. The highest BCUT2D eigenvalue weighted by atomic mass is 16.2. The van der Waals surface area contributed by atoms with E-state index < -0.39 is 0 Å². The van der Waals surface area contributed by atoms with E-state index in [1.165, 1.54) is 12.8 Å². The minimum atomic E-state index is 0.0485. The van der Waals surface area contributed by atoms with Crippen molar-refractivity contribution in [1.82, 2.24) is 25.1 Å². The number of carbonyl (C=O) groups is 1. The van der Waals surface area contributed by atoms with Crippen molar-refractivity contribution in [2.45, 2.75) is 64.3 Å². The summed E-state index contributed by atoms with van der Waals surface area (Å²) in [5.41, 5.74) is 0.769. The minimum Gasteiger partial charge on any atom is -0.354 e. The lowest BCUT2D eigenvalue weighted by Gasteiger charge is -2.33. The van der Waals surface area contributed by atoms with Crippen LogP contribution in [0, 0.1) is 5.92 Å². The molecule has 140 valence electrons. The maximum Gasteiger partial charge on any atom is 0.225 e. The van der Waals surface area contributed by atoms with E-state index in [0.29, 0.717) is 6.04 Å². The molecule has 2 aromatic rings. The molecule has 1 amide bonds. The second-order valence-corrected chi connectivity index (χ2v) is 7.95. The second kappa shape index (κ2) is 7.21. The molecule has 7 nitrogen and oxygen atoms in total. The van der Waals surface area contributed by atoms with Crippen LogP contribution >= 0.6 is 0 Å². The second-order valence-electron chi connectivity index (χ2n) is 7.95. The lowest BCUT2D eigenvalue weighted by atomic mass is 9.96. The molecule has 4 rings (SSSR count). The summed E-state index contributed by atoms with van der Waals surface area (Å²) in [5.74, 6) is 2.30. The highest BCUT2D eigenvalue weighted by Crippen LogP contribution is 2.24. The van der Waals surface area contributed by atoms with Crippen molar-refractivity contribution in [3.05, 3.63) is 18.0 Å². The van der Waals surface area contributed by atoms with Crippen LogP contribution in [-0.4, -0.2) is 44.8 Å². The van der Waals surface area contributed by atoms with Gasteiger partial charge in [0.05, 0.1) is 5.92 Å². The van der Waals surface area contributed by atoms with Crippen molar-refractivity contribution >= 4 is 17.4 Å². The van der Waals surface area contributed by atoms with Crippen molar-refractivity contribution in [1.29, 1.82) is 0 Å². The molecule has 1 aliphatic heterocycles. The molecule has 1 aliphatic carbocycles. The molecular weight excluding hydrogens is 328 g/mol. The first-order chi connectivity index (χ1) is 12.6. The van der Waals surface area contributed by atoms with Gasteiger partial charge in [-0.3, -0.25) is 4.79 Å². The minimum absolute atomic E-state index is 0.0485. The molecule has 1 N–H and O–H groups in total. The third kappa shape index (κ3) is 3.39. The number of hydrogen-bond acceptors (Lipinski definition) is 5. The lowest BCUT2D eigenvalue weighted by Crippen LogP contribution is -2.45. The molecule has 0 spiro atoms. The number of fused-ring (bicyclic) bond motifs is 1. The first-order valence-corrected chi connectivity index (χ1v) is 9.89. The van der Waals surface area contributed by atoms with Gasteiger partial charge in [0, 0.05) is 25.0 Å². The molecule has 1 saturated carbocycles. The smallest absolute Gasteiger partial charge is 0.225 e. The third-order valence-corrected chi connectivity index (χ3v) is 5.61.